The molecular weight excluding hydrogens is 396 g/mol. The molecule has 32 heavy (non-hydrogen) atoms. The molecule has 1 heterocycles. The zero-order valence-corrected chi connectivity index (χ0v) is 19.0. The standard InChI is InChI=1S/C28H30N2O2/c1-4-32-25-13-11-23(12-14-25)18-30(17-22-8-6-5-7-9-22)19-24-16-27(31)26-15-10-20(2)21(3)28(26)29-24/h5-16H,4,17-19H2,1-3H3,(H,29,31). The van der Waals surface area contributed by atoms with Gasteiger partial charge in [0.25, 0.3) is 0 Å². The second-order valence-corrected chi connectivity index (χ2v) is 8.30. The average molecular weight is 427 g/mol. The Balaban J connectivity index is 1.64. The van der Waals surface area contributed by atoms with Crippen molar-refractivity contribution in [1.29, 1.82) is 0 Å². The summed E-state index contributed by atoms with van der Waals surface area (Å²) in [5.41, 5.74) is 6.69. The van der Waals surface area contributed by atoms with E-state index >= 15 is 0 Å². The summed E-state index contributed by atoms with van der Waals surface area (Å²) in [7, 11) is 0. The second-order valence-electron chi connectivity index (χ2n) is 8.30. The van der Waals surface area contributed by atoms with Crippen LogP contribution in [0.5, 0.6) is 5.75 Å². The first kappa shape index (κ1) is 21.8. The van der Waals surface area contributed by atoms with Gasteiger partial charge >= 0.3 is 0 Å². The quantitative estimate of drug-likeness (QED) is 0.390. The minimum Gasteiger partial charge on any atom is -0.494 e. The van der Waals surface area contributed by atoms with Crippen molar-refractivity contribution in [2.24, 2.45) is 0 Å². The number of hydrogen-bond donors (Lipinski definition) is 1. The van der Waals surface area contributed by atoms with Gasteiger partial charge < -0.3 is 9.72 Å². The van der Waals surface area contributed by atoms with Crippen LogP contribution in [0.1, 0.15) is 34.9 Å². The van der Waals surface area contributed by atoms with Crippen molar-refractivity contribution in [3.8, 4) is 5.75 Å². The summed E-state index contributed by atoms with van der Waals surface area (Å²) in [6.45, 7) is 9.01. The van der Waals surface area contributed by atoms with Crippen LogP contribution in [-0.4, -0.2) is 16.5 Å². The number of ether oxygens (including phenoxy) is 1. The van der Waals surface area contributed by atoms with Crippen molar-refractivity contribution in [1.82, 2.24) is 9.88 Å². The molecule has 0 aliphatic carbocycles. The maximum absolute atomic E-state index is 12.8. The molecule has 0 fully saturated rings. The Bertz CT molecular complexity index is 1240. The highest BCUT2D eigenvalue weighted by Crippen LogP contribution is 2.20. The summed E-state index contributed by atoms with van der Waals surface area (Å²) in [5.74, 6) is 0.885. The van der Waals surface area contributed by atoms with E-state index in [-0.39, 0.29) is 5.43 Å². The summed E-state index contributed by atoms with van der Waals surface area (Å²) in [6.07, 6.45) is 0. The van der Waals surface area contributed by atoms with Gasteiger partial charge in [-0.15, -0.1) is 0 Å². The Morgan fingerprint density at radius 3 is 2.22 bits per heavy atom. The third-order valence-corrected chi connectivity index (χ3v) is 5.88. The van der Waals surface area contributed by atoms with E-state index in [0.29, 0.717) is 13.2 Å². The molecule has 0 aliphatic rings. The molecular formula is C28H30N2O2. The summed E-state index contributed by atoms with van der Waals surface area (Å²) >= 11 is 0. The van der Waals surface area contributed by atoms with E-state index in [2.05, 4.69) is 60.1 Å². The van der Waals surface area contributed by atoms with E-state index in [4.69, 9.17) is 4.74 Å². The van der Waals surface area contributed by atoms with Crippen LogP contribution in [0.4, 0.5) is 0 Å². The Hall–Kier alpha value is -3.37. The van der Waals surface area contributed by atoms with Crippen LogP contribution in [0.3, 0.4) is 0 Å². The zero-order valence-electron chi connectivity index (χ0n) is 19.0. The zero-order chi connectivity index (χ0) is 22.5. The highest BCUT2D eigenvalue weighted by Gasteiger charge is 2.12. The number of benzene rings is 3. The molecule has 4 nitrogen and oxygen atoms in total. The number of aromatic amines is 1. The van der Waals surface area contributed by atoms with Crippen molar-refractivity contribution in [3.63, 3.8) is 0 Å². The maximum atomic E-state index is 12.8. The van der Waals surface area contributed by atoms with Gasteiger partial charge in [-0.3, -0.25) is 9.69 Å². The van der Waals surface area contributed by atoms with Crippen LogP contribution in [0.2, 0.25) is 0 Å². The highest BCUT2D eigenvalue weighted by molar-refractivity contribution is 5.82. The molecule has 0 spiro atoms. The summed E-state index contributed by atoms with van der Waals surface area (Å²) < 4.78 is 5.58. The van der Waals surface area contributed by atoms with Crippen LogP contribution in [0.25, 0.3) is 10.9 Å². The first-order valence-electron chi connectivity index (χ1n) is 11.1. The number of rotatable bonds is 8. The summed E-state index contributed by atoms with van der Waals surface area (Å²) in [4.78, 5) is 18.7. The first-order chi connectivity index (χ1) is 15.5. The molecule has 1 aromatic heterocycles. The Labute approximate surface area is 189 Å². The van der Waals surface area contributed by atoms with E-state index in [9.17, 15) is 4.79 Å². The van der Waals surface area contributed by atoms with Crippen molar-refractivity contribution < 1.29 is 4.74 Å². The molecule has 0 radical (unpaired) electrons. The highest BCUT2D eigenvalue weighted by atomic mass is 16.5. The van der Waals surface area contributed by atoms with Gasteiger partial charge in [0.15, 0.2) is 5.43 Å². The number of aryl methyl sites for hydroxylation is 2. The van der Waals surface area contributed by atoms with Gasteiger partial charge in [0.2, 0.25) is 0 Å². The van der Waals surface area contributed by atoms with E-state index in [0.717, 1.165) is 41.0 Å². The third kappa shape index (κ3) is 5.09. The lowest BCUT2D eigenvalue weighted by molar-refractivity contribution is 0.244. The van der Waals surface area contributed by atoms with Gasteiger partial charge in [-0.05, 0) is 61.2 Å². The molecule has 1 N–H and O–H groups in total. The Morgan fingerprint density at radius 1 is 0.844 bits per heavy atom. The molecule has 0 unspecified atom stereocenters. The van der Waals surface area contributed by atoms with Crippen LogP contribution in [0.15, 0.2) is 77.6 Å². The lowest BCUT2D eigenvalue weighted by Gasteiger charge is -2.23. The Kier molecular flexibility index (Phi) is 6.72. The van der Waals surface area contributed by atoms with Gasteiger partial charge in [-0.1, -0.05) is 48.5 Å². The van der Waals surface area contributed by atoms with Gasteiger partial charge in [-0.2, -0.15) is 0 Å². The average Bonchev–Trinajstić information content (AvgIpc) is 2.79. The first-order valence-corrected chi connectivity index (χ1v) is 11.1. The number of nitrogens with zero attached hydrogens (tertiary/aromatic N) is 1. The van der Waals surface area contributed by atoms with E-state index in [1.165, 1.54) is 16.7 Å². The van der Waals surface area contributed by atoms with Gasteiger partial charge in [0.1, 0.15) is 5.75 Å². The molecule has 3 aromatic carbocycles. The van der Waals surface area contributed by atoms with Crippen molar-refractivity contribution in [2.45, 2.75) is 40.4 Å². The number of nitrogens with one attached hydrogen (secondary N) is 1. The minimum atomic E-state index is 0.0672. The minimum absolute atomic E-state index is 0.0672. The number of fused-ring (bicyclic) bond motifs is 1. The number of aromatic nitrogens is 1. The molecule has 164 valence electrons. The van der Waals surface area contributed by atoms with Gasteiger partial charge in [-0.25, -0.2) is 0 Å². The largest absolute Gasteiger partial charge is 0.494 e. The molecule has 0 amide bonds. The van der Waals surface area contributed by atoms with Gasteiger partial charge in [0.05, 0.1) is 12.1 Å². The van der Waals surface area contributed by atoms with E-state index in [1.807, 2.05) is 37.3 Å². The fraction of sp³-hybridized carbons (Fsp3) is 0.250. The van der Waals surface area contributed by atoms with Crippen LogP contribution < -0.4 is 10.2 Å². The van der Waals surface area contributed by atoms with E-state index < -0.39 is 0 Å². The van der Waals surface area contributed by atoms with Crippen LogP contribution >= 0.6 is 0 Å². The van der Waals surface area contributed by atoms with E-state index in [1.54, 1.807) is 6.07 Å². The molecule has 0 saturated heterocycles. The smallest absolute Gasteiger partial charge is 0.189 e. The predicted molar refractivity (Wildman–Crippen MR) is 131 cm³/mol. The molecule has 0 saturated carbocycles. The topological polar surface area (TPSA) is 45.3 Å². The maximum Gasteiger partial charge on any atom is 0.189 e. The molecule has 0 aliphatic heterocycles. The third-order valence-electron chi connectivity index (χ3n) is 5.88. The molecule has 0 atom stereocenters. The molecule has 4 rings (SSSR count). The molecule has 4 heteroatoms. The van der Waals surface area contributed by atoms with Crippen molar-refractivity contribution in [2.75, 3.05) is 6.61 Å². The SMILES string of the molecule is CCOc1ccc(CN(Cc2ccccc2)Cc2cc(=O)c3ccc(C)c(C)c3[nH]2)cc1. The molecule has 4 aromatic rings. The summed E-state index contributed by atoms with van der Waals surface area (Å²) in [5, 5.41) is 0.748. The Morgan fingerprint density at radius 2 is 1.53 bits per heavy atom. The lowest BCUT2D eigenvalue weighted by Crippen LogP contribution is -2.24. The van der Waals surface area contributed by atoms with Crippen molar-refractivity contribution in [3.05, 3.63) is 111 Å². The second kappa shape index (κ2) is 9.84. The number of pyridine rings is 1. The number of H-pyrrole nitrogens is 1. The number of hydrogen-bond acceptors (Lipinski definition) is 3. The monoisotopic (exact) mass is 426 g/mol. The van der Waals surface area contributed by atoms with Crippen molar-refractivity contribution >= 4 is 10.9 Å². The predicted octanol–water partition coefficient (Wildman–Crippen LogP) is 5.75. The molecule has 0 bridgehead atoms. The fourth-order valence-electron chi connectivity index (χ4n) is 4.07. The normalized spacial score (nSPS) is 11.2. The summed E-state index contributed by atoms with van der Waals surface area (Å²) in [6, 6.07) is 24.4. The van der Waals surface area contributed by atoms with Crippen LogP contribution in [-0.2, 0) is 19.6 Å². The lowest BCUT2D eigenvalue weighted by atomic mass is 10.0. The van der Waals surface area contributed by atoms with Gasteiger partial charge in [0, 0.05) is 36.8 Å². The fourth-order valence-corrected chi connectivity index (χ4v) is 4.07. The van der Waals surface area contributed by atoms with Crippen LogP contribution in [0, 0.1) is 13.8 Å².